The van der Waals surface area contributed by atoms with Gasteiger partial charge in [0, 0.05) is 11.7 Å². The summed E-state index contributed by atoms with van der Waals surface area (Å²) in [6.07, 6.45) is 0.483. The first-order valence-corrected chi connectivity index (χ1v) is 3.78. The second kappa shape index (κ2) is 3.17. The summed E-state index contributed by atoms with van der Waals surface area (Å²) in [6.45, 7) is 5.89. The highest BCUT2D eigenvalue weighted by Gasteiger charge is 2.10. The van der Waals surface area contributed by atoms with Crippen LogP contribution in [0.15, 0.2) is 0 Å². The van der Waals surface area contributed by atoms with Crippen LogP contribution >= 0.6 is 9.24 Å². The van der Waals surface area contributed by atoms with Crippen molar-refractivity contribution in [2.75, 3.05) is 6.16 Å². The van der Waals surface area contributed by atoms with Gasteiger partial charge in [-0.2, -0.15) is 0 Å². The lowest BCUT2D eigenvalue weighted by Gasteiger charge is -2.19. The standard InChI is InChI=1S/C6H14NOP/c1-6(2,3)7-5(8)4-9/h4,9H2,1-3H3,(H,7,8). The summed E-state index contributed by atoms with van der Waals surface area (Å²) in [7, 11) is 2.38. The smallest absolute Gasteiger partial charge is 0.224 e. The fraction of sp³-hybridized carbons (Fsp3) is 0.833. The number of hydrogen-bond acceptors (Lipinski definition) is 1. The molecule has 0 aliphatic heterocycles. The van der Waals surface area contributed by atoms with E-state index in [-0.39, 0.29) is 11.4 Å². The van der Waals surface area contributed by atoms with Crippen LogP contribution in [0.5, 0.6) is 0 Å². The average molecular weight is 147 g/mol. The molecule has 2 nitrogen and oxygen atoms in total. The summed E-state index contributed by atoms with van der Waals surface area (Å²) in [4.78, 5) is 10.7. The second-order valence-corrected chi connectivity index (χ2v) is 3.41. The fourth-order valence-electron chi connectivity index (χ4n) is 0.469. The van der Waals surface area contributed by atoms with E-state index in [1.165, 1.54) is 0 Å². The van der Waals surface area contributed by atoms with E-state index in [9.17, 15) is 4.79 Å². The summed E-state index contributed by atoms with van der Waals surface area (Å²) >= 11 is 0. The van der Waals surface area contributed by atoms with E-state index >= 15 is 0 Å². The molecule has 0 saturated carbocycles. The van der Waals surface area contributed by atoms with Crippen molar-refractivity contribution >= 4 is 15.1 Å². The lowest BCUT2D eigenvalue weighted by Crippen LogP contribution is -2.41. The summed E-state index contributed by atoms with van der Waals surface area (Å²) in [5, 5.41) is 2.81. The lowest BCUT2D eigenvalue weighted by atomic mass is 10.1. The average Bonchev–Trinajstić information content (AvgIpc) is 1.62. The molecule has 1 atom stereocenters. The zero-order valence-electron chi connectivity index (χ0n) is 6.19. The Labute approximate surface area is 58.6 Å². The van der Waals surface area contributed by atoms with Gasteiger partial charge in [0.2, 0.25) is 5.91 Å². The minimum absolute atomic E-state index is 0.0764. The third kappa shape index (κ3) is 5.78. The number of carbonyl (C=O) groups excluding carboxylic acids is 1. The topological polar surface area (TPSA) is 29.1 Å². The maximum atomic E-state index is 10.7. The minimum atomic E-state index is -0.0896. The summed E-state index contributed by atoms with van der Waals surface area (Å²) in [5.41, 5.74) is -0.0896. The quantitative estimate of drug-likeness (QED) is 0.545. The molecule has 0 aliphatic carbocycles. The second-order valence-electron chi connectivity index (χ2n) is 3.00. The van der Waals surface area contributed by atoms with E-state index in [1.54, 1.807) is 0 Å². The minimum Gasteiger partial charge on any atom is -0.351 e. The number of amides is 1. The van der Waals surface area contributed by atoms with Gasteiger partial charge in [0.25, 0.3) is 0 Å². The van der Waals surface area contributed by atoms with E-state index in [0.717, 1.165) is 0 Å². The zero-order valence-corrected chi connectivity index (χ0v) is 7.35. The van der Waals surface area contributed by atoms with Gasteiger partial charge in [-0.25, -0.2) is 0 Å². The van der Waals surface area contributed by atoms with Crippen molar-refractivity contribution in [3.8, 4) is 0 Å². The molecule has 1 unspecified atom stereocenters. The van der Waals surface area contributed by atoms with Gasteiger partial charge in [-0.1, -0.05) is 0 Å². The van der Waals surface area contributed by atoms with Gasteiger partial charge in [0.15, 0.2) is 0 Å². The molecule has 3 heteroatoms. The predicted octanol–water partition coefficient (Wildman–Crippen LogP) is 0.776. The Kier molecular flexibility index (Phi) is 3.13. The Bertz CT molecular complexity index is 106. The normalized spacial score (nSPS) is 11.1. The molecule has 1 N–H and O–H groups in total. The molecule has 0 heterocycles. The molecular weight excluding hydrogens is 133 g/mol. The molecule has 0 aromatic heterocycles. The fourth-order valence-corrected chi connectivity index (χ4v) is 0.571. The van der Waals surface area contributed by atoms with Gasteiger partial charge in [0.1, 0.15) is 0 Å². The predicted molar refractivity (Wildman–Crippen MR) is 42.5 cm³/mol. The molecule has 0 spiro atoms. The van der Waals surface area contributed by atoms with Crippen molar-refractivity contribution in [1.82, 2.24) is 5.32 Å². The van der Waals surface area contributed by atoms with Crippen molar-refractivity contribution in [3.63, 3.8) is 0 Å². The Morgan fingerprint density at radius 2 is 2.00 bits per heavy atom. The van der Waals surface area contributed by atoms with Crippen LogP contribution in [-0.4, -0.2) is 17.6 Å². The number of carbonyl (C=O) groups is 1. The third-order valence-corrected chi connectivity index (χ3v) is 1.07. The zero-order chi connectivity index (χ0) is 7.49. The van der Waals surface area contributed by atoms with Crippen LogP contribution in [-0.2, 0) is 4.79 Å². The highest BCUT2D eigenvalue weighted by Crippen LogP contribution is 1.98. The van der Waals surface area contributed by atoms with Crippen LogP contribution in [0.25, 0.3) is 0 Å². The largest absolute Gasteiger partial charge is 0.351 e. The van der Waals surface area contributed by atoms with E-state index in [0.29, 0.717) is 6.16 Å². The summed E-state index contributed by atoms with van der Waals surface area (Å²) in [6, 6.07) is 0. The molecule has 0 aliphatic rings. The van der Waals surface area contributed by atoms with E-state index in [2.05, 4.69) is 14.6 Å². The number of hydrogen-bond donors (Lipinski definition) is 1. The molecular formula is C6H14NOP. The maximum absolute atomic E-state index is 10.7. The van der Waals surface area contributed by atoms with Crippen molar-refractivity contribution in [2.24, 2.45) is 0 Å². The van der Waals surface area contributed by atoms with E-state index < -0.39 is 0 Å². The molecule has 0 fully saturated rings. The Hall–Kier alpha value is -0.100. The molecule has 9 heavy (non-hydrogen) atoms. The Morgan fingerprint density at radius 3 is 2.11 bits per heavy atom. The first-order chi connectivity index (χ1) is 3.95. The van der Waals surface area contributed by atoms with E-state index in [4.69, 9.17) is 0 Å². The van der Waals surface area contributed by atoms with Gasteiger partial charge in [-0.3, -0.25) is 4.79 Å². The van der Waals surface area contributed by atoms with Crippen LogP contribution < -0.4 is 5.32 Å². The van der Waals surface area contributed by atoms with Crippen molar-refractivity contribution < 1.29 is 4.79 Å². The molecule has 0 aromatic carbocycles. The highest BCUT2D eigenvalue weighted by molar-refractivity contribution is 7.18. The van der Waals surface area contributed by atoms with Gasteiger partial charge >= 0.3 is 0 Å². The summed E-state index contributed by atoms with van der Waals surface area (Å²) < 4.78 is 0. The Morgan fingerprint density at radius 1 is 1.56 bits per heavy atom. The van der Waals surface area contributed by atoms with Gasteiger partial charge in [-0.15, -0.1) is 9.24 Å². The van der Waals surface area contributed by atoms with Crippen molar-refractivity contribution in [1.29, 1.82) is 0 Å². The van der Waals surface area contributed by atoms with Crippen molar-refractivity contribution in [2.45, 2.75) is 26.3 Å². The van der Waals surface area contributed by atoms with Crippen LogP contribution in [0.3, 0.4) is 0 Å². The highest BCUT2D eigenvalue weighted by atomic mass is 31.0. The van der Waals surface area contributed by atoms with Crippen LogP contribution in [0.1, 0.15) is 20.8 Å². The molecule has 0 bridgehead atoms. The van der Waals surface area contributed by atoms with Gasteiger partial charge < -0.3 is 5.32 Å². The first kappa shape index (κ1) is 8.90. The summed E-state index contributed by atoms with van der Waals surface area (Å²) in [5.74, 6) is 0.0764. The first-order valence-electron chi connectivity index (χ1n) is 2.97. The van der Waals surface area contributed by atoms with Crippen LogP contribution in [0.4, 0.5) is 0 Å². The van der Waals surface area contributed by atoms with Crippen LogP contribution in [0.2, 0.25) is 0 Å². The molecule has 0 saturated heterocycles. The molecule has 0 radical (unpaired) electrons. The van der Waals surface area contributed by atoms with Gasteiger partial charge in [0.05, 0.1) is 0 Å². The number of nitrogens with one attached hydrogen (secondary N) is 1. The SMILES string of the molecule is CC(C)(C)NC(=O)CP. The Balaban J connectivity index is 3.60. The number of rotatable bonds is 1. The molecule has 0 rings (SSSR count). The molecule has 54 valence electrons. The molecule has 1 amide bonds. The maximum Gasteiger partial charge on any atom is 0.224 e. The monoisotopic (exact) mass is 147 g/mol. The van der Waals surface area contributed by atoms with Gasteiger partial charge in [-0.05, 0) is 20.8 Å². The van der Waals surface area contributed by atoms with Crippen LogP contribution in [0, 0.1) is 0 Å². The third-order valence-electron chi connectivity index (χ3n) is 0.700. The van der Waals surface area contributed by atoms with Crippen molar-refractivity contribution in [3.05, 3.63) is 0 Å². The van der Waals surface area contributed by atoms with E-state index in [1.807, 2.05) is 20.8 Å². The molecule has 0 aromatic rings. The lowest BCUT2D eigenvalue weighted by molar-refractivity contribution is -0.119.